The third-order valence-electron chi connectivity index (χ3n) is 2.26. The van der Waals surface area contributed by atoms with Crippen LogP contribution in [0.15, 0.2) is 22.7 Å². The van der Waals surface area contributed by atoms with E-state index in [1.165, 1.54) is 5.56 Å². The van der Waals surface area contributed by atoms with Crippen molar-refractivity contribution < 1.29 is 9.53 Å². The lowest BCUT2D eigenvalue weighted by Gasteiger charge is -2.13. The SMILES string of the molecule is CCOCC(=O)Nc1ccc(CN(C)C)c(Br)c1. The molecule has 0 unspecified atom stereocenters. The summed E-state index contributed by atoms with van der Waals surface area (Å²) < 4.78 is 6.03. The van der Waals surface area contributed by atoms with Gasteiger partial charge in [-0.2, -0.15) is 0 Å². The summed E-state index contributed by atoms with van der Waals surface area (Å²) in [4.78, 5) is 13.6. The summed E-state index contributed by atoms with van der Waals surface area (Å²) in [5.74, 6) is -0.135. The van der Waals surface area contributed by atoms with Crippen molar-refractivity contribution in [2.45, 2.75) is 13.5 Å². The molecule has 1 aromatic rings. The van der Waals surface area contributed by atoms with Crippen LogP contribution in [0.1, 0.15) is 12.5 Å². The number of halogens is 1. The number of nitrogens with zero attached hydrogens (tertiary/aromatic N) is 1. The lowest BCUT2D eigenvalue weighted by atomic mass is 10.2. The van der Waals surface area contributed by atoms with Crippen molar-refractivity contribution in [3.8, 4) is 0 Å². The number of hydrogen-bond acceptors (Lipinski definition) is 3. The Kier molecular flexibility index (Phi) is 6.32. The van der Waals surface area contributed by atoms with Gasteiger partial charge in [0, 0.05) is 23.3 Å². The lowest BCUT2D eigenvalue weighted by Crippen LogP contribution is -2.18. The number of carbonyl (C=O) groups is 1. The van der Waals surface area contributed by atoms with E-state index in [4.69, 9.17) is 4.74 Å². The van der Waals surface area contributed by atoms with Gasteiger partial charge in [0.1, 0.15) is 6.61 Å². The highest BCUT2D eigenvalue weighted by molar-refractivity contribution is 9.10. The van der Waals surface area contributed by atoms with E-state index in [-0.39, 0.29) is 12.5 Å². The van der Waals surface area contributed by atoms with Crippen LogP contribution in [-0.4, -0.2) is 38.1 Å². The van der Waals surface area contributed by atoms with E-state index in [2.05, 4.69) is 26.1 Å². The number of ether oxygens (including phenoxy) is 1. The van der Waals surface area contributed by atoms with Crippen molar-refractivity contribution in [3.63, 3.8) is 0 Å². The summed E-state index contributed by atoms with van der Waals surface area (Å²) in [5.41, 5.74) is 1.96. The molecule has 100 valence electrons. The second-order valence-corrected chi connectivity index (χ2v) is 5.08. The summed E-state index contributed by atoms with van der Waals surface area (Å²) in [7, 11) is 4.04. The van der Waals surface area contributed by atoms with Crippen molar-refractivity contribution >= 4 is 27.5 Å². The Balaban J connectivity index is 2.63. The molecule has 0 spiro atoms. The third-order valence-corrected chi connectivity index (χ3v) is 3.00. The van der Waals surface area contributed by atoms with Crippen LogP contribution in [0, 0.1) is 0 Å². The first kappa shape index (κ1) is 15.1. The van der Waals surface area contributed by atoms with Crippen LogP contribution in [0.5, 0.6) is 0 Å². The van der Waals surface area contributed by atoms with Crippen LogP contribution in [-0.2, 0) is 16.1 Å². The Morgan fingerprint density at radius 1 is 1.44 bits per heavy atom. The molecule has 0 bridgehead atoms. The fourth-order valence-corrected chi connectivity index (χ4v) is 1.99. The second kappa shape index (κ2) is 7.51. The number of hydrogen-bond donors (Lipinski definition) is 1. The molecule has 0 saturated heterocycles. The average Bonchev–Trinajstić information content (AvgIpc) is 2.29. The van der Waals surface area contributed by atoms with E-state index < -0.39 is 0 Å². The molecule has 18 heavy (non-hydrogen) atoms. The topological polar surface area (TPSA) is 41.6 Å². The number of anilines is 1. The molecule has 0 aliphatic rings. The van der Waals surface area contributed by atoms with E-state index >= 15 is 0 Å². The van der Waals surface area contributed by atoms with Crippen LogP contribution in [0.4, 0.5) is 5.69 Å². The van der Waals surface area contributed by atoms with Gasteiger partial charge in [0.25, 0.3) is 0 Å². The molecule has 0 aliphatic carbocycles. The van der Waals surface area contributed by atoms with Crippen LogP contribution >= 0.6 is 15.9 Å². The van der Waals surface area contributed by atoms with Gasteiger partial charge in [-0.15, -0.1) is 0 Å². The van der Waals surface area contributed by atoms with Crippen LogP contribution in [0.2, 0.25) is 0 Å². The van der Waals surface area contributed by atoms with E-state index in [0.29, 0.717) is 6.61 Å². The predicted octanol–water partition coefficient (Wildman–Crippen LogP) is 2.49. The van der Waals surface area contributed by atoms with Gasteiger partial charge in [-0.05, 0) is 38.7 Å². The average molecular weight is 315 g/mol. The zero-order valence-corrected chi connectivity index (χ0v) is 12.6. The van der Waals surface area contributed by atoms with Crippen LogP contribution < -0.4 is 5.32 Å². The molecule has 1 rings (SSSR count). The van der Waals surface area contributed by atoms with Gasteiger partial charge in [-0.1, -0.05) is 22.0 Å². The fraction of sp³-hybridized carbons (Fsp3) is 0.462. The van der Waals surface area contributed by atoms with E-state index in [0.717, 1.165) is 16.7 Å². The normalized spacial score (nSPS) is 10.7. The quantitative estimate of drug-likeness (QED) is 0.877. The number of nitrogens with one attached hydrogen (secondary N) is 1. The fourth-order valence-electron chi connectivity index (χ4n) is 1.49. The molecule has 1 aromatic carbocycles. The molecular formula is C13H19BrN2O2. The van der Waals surface area contributed by atoms with E-state index in [9.17, 15) is 4.79 Å². The van der Waals surface area contributed by atoms with Crippen molar-refractivity contribution in [3.05, 3.63) is 28.2 Å². The maximum atomic E-state index is 11.5. The minimum absolute atomic E-state index is 0.0908. The number of amides is 1. The maximum absolute atomic E-state index is 11.5. The summed E-state index contributed by atoms with van der Waals surface area (Å²) in [5, 5.41) is 2.79. The number of rotatable bonds is 6. The summed E-state index contributed by atoms with van der Waals surface area (Å²) in [6.07, 6.45) is 0. The van der Waals surface area contributed by atoms with E-state index in [1.54, 1.807) is 0 Å². The maximum Gasteiger partial charge on any atom is 0.250 e. The Morgan fingerprint density at radius 2 is 2.17 bits per heavy atom. The highest BCUT2D eigenvalue weighted by Crippen LogP contribution is 2.22. The molecule has 0 saturated carbocycles. The minimum Gasteiger partial charge on any atom is -0.372 e. The van der Waals surface area contributed by atoms with Gasteiger partial charge in [-0.25, -0.2) is 0 Å². The molecule has 0 heterocycles. The number of carbonyl (C=O) groups excluding carboxylic acids is 1. The monoisotopic (exact) mass is 314 g/mol. The third kappa shape index (κ3) is 5.16. The van der Waals surface area contributed by atoms with Crippen molar-refractivity contribution in [1.29, 1.82) is 0 Å². The second-order valence-electron chi connectivity index (χ2n) is 4.23. The molecule has 1 N–H and O–H groups in total. The lowest BCUT2D eigenvalue weighted by molar-refractivity contribution is -0.120. The molecular weight excluding hydrogens is 296 g/mol. The molecule has 0 aromatic heterocycles. The van der Waals surface area contributed by atoms with Crippen molar-refractivity contribution in [1.82, 2.24) is 4.90 Å². The first-order chi connectivity index (χ1) is 8.52. The summed E-state index contributed by atoms with van der Waals surface area (Å²) in [6.45, 7) is 3.35. The van der Waals surface area contributed by atoms with E-state index in [1.807, 2.05) is 39.2 Å². The van der Waals surface area contributed by atoms with Crippen LogP contribution in [0.25, 0.3) is 0 Å². The minimum atomic E-state index is -0.135. The Labute approximate surface area is 116 Å². The summed E-state index contributed by atoms with van der Waals surface area (Å²) in [6, 6.07) is 5.80. The number of benzene rings is 1. The molecule has 4 nitrogen and oxygen atoms in total. The molecule has 5 heteroatoms. The molecule has 0 fully saturated rings. The zero-order valence-electron chi connectivity index (χ0n) is 11.0. The molecule has 0 radical (unpaired) electrons. The Hall–Kier alpha value is -0.910. The Bertz CT molecular complexity index is 408. The van der Waals surface area contributed by atoms with Gasteiger partial charge in [-0.3, -0.25) is 4.79 Å². The molecule has 0 aliphatic heterocycles. The van der Waals surface area contributed by atoms with Crippen molar-refractivity contribution in [2.24, 2.45) is 0 Å². The van der Waals surface area contributed by atoms with Gasteiger partial charge in [0.05, 0.1) is 0 Å². The Morgan fingerprint density at radius 3 is 2.72 bits per heavy atom. The van der Waals surface area contributed by atoms with Crippen molar-refractivity contribution in [2.75, 3.05) is 32.6 Å². The zero-order chi connectivity index (χ0) is 13.5. The first-order valence-electron chi connectivity index (χ1n) is 5.83. The standard InChI is InChI=1S/C13H19BrN2O2/c1-4-18-9-13(17)15-11-6-5-10(8-16(2)3)12(14)7-11/h5-7H,4,8-9H2,1-3H3,(H,15,17). The van der Waals surface area contributed by atoms with Gasteiger partial charge < -0.3 is 15.0 Å². The molecule has 0 atom stereocenters. The highest BCUT2D eigenvalue weighted by Gasteiger charge is 2.05. The van der Waals surface area contributed by atoms with Gasteiger partial charge in [0.2, 0.25) is 5.91 Å². The smallest absolute Gasteiger partial charge is 0.250 e. The first-order valence-corrected chi connectivity index (χ1v) is 6.63. The molecule has 1 amide bonds. The summed E-state index contributed by atoms with van der Waals surface area (Å²) >= 11 is 3.51. The van der Waals surface area contributed by atoms with Gasteiger partial charge >= 0.3 is 0 Å². The largest absolute Gasteiger partial charge is 0.372 e. The predicted molar refractivity (Wildman–Crippen MR) is 76.7 cm³/mol. The highest BCUT2D eigenvalue weighted by atomic mass is 79.9. The van der Waals surface area contributed by atoms with Gasteiger partial charge in [0.15, 0.2) is 0 Å². The van der Waals surface area contributed by atoms with Crippen LogP contribution in [0.3, 0.4) is 0 Å².